The third-order valence-corrected chi connectivity index (χ3v) is 13.9. The number of phenols is 2. The van der Waals surface area contributed by atoms with Gasteiger partial charge in [0.2, 0.25) is 53.2 Å². The van der Waals surface area contributed by atoms with Gasteiger partial charge in [-0.2, -0.15) is 0 Å². The van der Waals surface area contributed by atoms with Gasteiger partial charge in [-0.3, -0.25) is 53.1 Å². The number of benzene rings is 3. The highest BCUT2D eigenvalue weighted by atomic mass is 16.3. The Morgan fingerprint density at radius 3 is 1.76 bits per heavy atom. The van der Waals surface area contributed by atoms with E-state index < -0.39 is 108 Å². The number of amides is 9. The van der Waals surface area contributed by atoms with Crippen LogP contribution in [-0.2, 0) is 69.0 Å². The van der Waals surface area contributed by atoms with Gasteiger partial charge in [0.25, 0.3) is 0 Å². The van der Waals surface area contributed by atoms with Crippen molar-refractivity contribution >= 4 is 65.1 Å². The summed E-state index contributed by atoms with van der Waals surface area (Å²) in [5.41, 5.74) is 41.7. The number of primary amides is 2. The Balaban J connectivity index is 1.43. The van der Waals surface area contributed by atoms with E-state index in [9.17, 15) is 43.8 Å². The quantitative estimate of drug-likeness (QED) is 0.0188. The molecule has 1 saturated heterocycles. The van der Waals surface area contributed by atoms with Gasteiger partial charge in [0.05, 0.1) is 12.5 Å². The van der Waals surface area contributed by atoms with Gasteiger partial charge in [-0.1, -0.05) is 62.4 Å². The summed E-state index contributed by atoms with van der Waals surface area (Å²) in [5.74, 6) is -7.82. The van der Waals surface area contributed by atoms with Crippen molar-refractivity contribution in [2.45, 2.75) is 139 Å². The zero-order chi connectivity index (χ0) is 60.2. The fraction of sp³-hybridized carbons (Fsp3) is 0.473. The molecule has 2 aliphatic heterocycles. The summed E-state index contributed by atoms with van der Waals surface area (Å²) in [7, 11) is 0. The molecule has 3 aromatic rings. The molecule has 0 aromatic heterocycles. The highest BCUT2D eigenvalue weighted by Crippen LogP contribution is 2.29. The van der Waals surface area contributed by atoms with Crippen LogP contribution in [0.5, 0.6) is 11.5 Å². The number of carbonyl (C=O) groups is 9. The maximum absolute atomic E-state index is 15.2. The number of aliphatic imine (C=N–C) groups is 2. The Morgan fingerprint density at radius 2 is 1.15 bits per heavy atom. The van der Waals surface area contributed by atoms with Crippen LogP contribution in [0.1, 0.15) is 87.5 Å². The van der Waals surface area contributed by atoms with Gasteiger partial charge in [0.15, 0.2) is 11.9 Å². The van der Waals surface area contributed by atoms with Gasteiger partial charge < -0.3 is 86.7 Å². The highest BCUT2D eigenvalue weighted by Gasteiger charge is 2.43. The molecule has 2 aliphatic rings. The summed E-state index contributed by atoms with van der Waals surface area (Å²) in [4.78, 5) is 136. The van der Waals surface area contributed by atoms with E-state index in [1.165, 1.54) is 34.1 Å². The summed E-state index contributed by atoms with van der Waals surface area (Å²) >= 11 is 0. The monoisotopic (exact) mass is 1140 g/mol. The number of likely N-dealkylation sites (tertiary alicyclic amines) is 1. The zero-order valence-electron chi connectivity index (χ0n) is 46.1. The first-order valence-corrected chi connectivity index (χ1v) is 27.1. The Labute approximate surface area is 475 Å². The molecule has 0 unspecified atom stereocenters. The van der Waals surface area contributed by atoms with E-state index in [-0.39, 0.29) is 113 Å². The molecule has 9 amide bonds. The molecule has 0 bridgehead atoms. The van der Waals surface area contributed by atoms with Crippen LogP contribution >= 0.6 is 0 Å². The van der Waals surface area contributed by atoms with Crippen molar-refractivity contribution in [1.29, 1.82) is 0 Å². The van der Waals surface area contributed by atoms with Crippen molar-refractivity contribution in [1.82, 2.24) is 36.4 Å². The fourth-order valence-electron chi connectivity index (χ4n) is 9.79. The van der Waals surface area contributed by atoms with Crippen LogP contribution in [0.2, 0.25) is 0 Å². The van der Waals surface area contributed by atoms with Crippen LogP contribution in [0.3, 0.4) is 0 Å². The Kier molecular flexibility index (Phi) is 23.8. The van der Waals surface area contributed by atoms with E-state index in [1.54, 1.807) is 48.5 Å². The number of nitrogens with one attached hydrogen (secondary N) is 5. The maximum Gasteiger partial charge on any atom is 0.246 e. The van der Waals surface area contributed by atoms with Gasteiger partial charge >= 0.3 is 0 Å². The Hall–Kier alpha value is -9.01. The number of hydrogen-bond acceptors (Lipinski definition) is 14. The lowest BCUT2D eigenvalue weighted by atomic mass is 9.91. The van der Waals surface area contributed by atoms with E-state index in [2.05, 4.69) is 36.6 Å². The summed E-state index contributed by atoms with van der Waals surface area (Å²) in [6, 6.07) is 9.31. The molecule has 0 aliphatic carbocycles. The molecule has 444 valence electrons. The van der Waals surface area contributed by atoms with Crippen LogP contribution in [-0.4, -0.2) is 153 Å². The molecule has 27 heteroatoms. The van der Waals surface area contributed by atoms with Crippen LogP contribution < -0.4 is 66.7 Å². The van der Waals surface area contributed by atoms with E-state index in [0.29, 0.717) is 28.7 Å². The predicted molar refractivity (Wildman–Crippen MR) is 303 cm³/mol. The number of fused-ring (bicyclic) bond motifs is 1. The lowest BCUT2D eigenvalue weighted by molar-refractivity contribution is -0.147. The van der Waals surface area contributed by atoms with Crippen molar-refractivity contribution in [2.75, 3.05) is 19.6 Å². The SMILES string of the molecule is CC(C)C[C@H](NC(=O)[C@H](Cc1ccccc1)NC(=O)[C@@H](N)Cc1ccc(O)cc1)C(=O)N1Cc2cc(O)ccc2C[C@H]1C(=O)N[C@@H](CCCN=C(N)N)C(=O)N1CCC[C@H]1C(=O)N[C@@H](CCCN=C(N)N)C(=O)N[C@@H](CC(N)=O)C(N)=O. The lowest BCUT2D eigenvalue weighted by Gasteiger charge is -2.39. The molecule has 8 atom stereocenters. The third-order valence-electron chi connectivity index (χ3n) is 13.9. The van der Waals surface area contributed by atoms with E-state index in [1.807, 2.05) is 13.8 Å². The fourth-order valence-corrected chi connectivity index (χ4v) is 9.79. The second-order valence-corrected chi connectivity index (χ2v) is 20.9. The molecular formula is C55H78N16O11. The number of nitrogens with two attached hydrogens (primary N) is 7. The zero-order valence-corrected chi connectivity index (χ0v) is 46.1. The Bertz CT molecular complexity index is 2810. The van der Waals surface area contributed by atoms with E-state index in [0.717, 1.165) is 0 Å². The van der Waals surface area contributed by atoms with Crippen molar-refractivity contribution in [3.63, 3.8) is 0 Å². The van der Waals surface area contributed by atoms with Crippen LogP contribution in [0.15, 0.2) is 82.8 Å². The predicted octanol–water partition coefficient (Wildman–Crippen LogP) is -2.91. The van der Waals surface area contributed by atoms with Crippen molar-refractivity contribution < 1.29 is 53.4 Å². The van der Waals surface area contributed by atoms with Crippen LogP contribution in [0, 0.1) is 5.92 Å². The first-order chi connectivity index (χ1) is 38.9. The molecule has 27 nitrogen and oxygen atoms in total. The van der Waals surface area contributed by atoms with Crippen LogP contribution in [0.25, 0.3) is 0 Å². The molecule has 5 rings (SSSR count). The number of hydrogen-bond donors (Lipinski definition) is 14. The number of phenolic OH excluding ortho intramolecular Hbond substituents is 2. The Morgan fingerprint density at radius 1 is 0.598 bits per heavy atom. The number of carbonyl (C=O) groups excluding carboxylic acids is 9. The minimum Gasteiger partial charge on any atom is -0.508 e. The molecular weight excluding hydrogens is 1060 g/mol. The largest absolute Gasteiger partial charge is 0.508 e. The molecule has 1 fully saturated rings. The number of nitrogens with zero attached hydrogens (tertiary/aromatic N) is 4. The topological polar surface area (TPSA) is 468 Å². The van der Waals surface area contributed by atoms with Crippen LogP contribution in [0.4, 0.5) is 0 Å². The minimum atomic E-state index is -1.50. The van der Waals surface area contributed by atoms with Gasteiger partial charge in [-0.05, 0) is 104 Å². The normalized spacial score (nSPS) is 16.8. The van der Waals surface area contributed by atoms with Gasteiger partial charge in [0, 0.05) is 39.0 Å². The molecule has 82 heavy (non-hydrogen) atoms. The molecule has 2 heterocycles. The first kappa shape index (κ1) is 63.8. The summed E-state index contributed by atoms with van der Waals surface area (Å²) in [6.07, 6.45) is 0.139. The van der Waals surface area contributed by atoms with Gasteiger partial charge in [-0.25, -0.2) is 0 Å². The van der Waals surface area contributed by atoms with E-state index >= 15 is 9.59 Å². The number of aromatic hydroxyl groups is 2. The van der Waals surface area contributed by atoms with Crippen molar-refractivity contribution in [3.8, 4) is 11.5 Å². The minimum absolute atomic E-state index is 0.0128. The number of rotatable bonds is 29. The lowest BCUT2D eigenvalue weighted by Crippen LogP contribution is -2.62. The summed E-state index contributed by atoms with van der Waals surface area (Å²) < 4.78 is 0. The first-order valence-electron chi connectivity index (χ1n) is 27.1. The number of guanidine groups is 2. The summed E-state index contributed by atoms with van der Waals surface area (Å²) in [6.45, 7) is 3.62. The van der Waals surface area contributed by atoms with Crippen molar-refractivity contribution in [2.24, 2.45) is 56.0 Å². The second kappa shape index (κ2) is 30.5. The molecule has 3 aromatic carbocycles. The molecule has 0 radical (unpaired) electrons. The second-order valence-electron chi connectivity index (χ2n) is 20.9. The average Bonchev–Trinajstić information content (AvgIpc) is 4.09. The third kappa shape index (κ3) is 19.4. The van der Waals surface area contributed by atoms with Crippen molar-refractivity contribution in [3.05, 3.63) is 95.1 Å². The molecule has 0 saturated carbocycles. The van der Waals surface area contributed by atoms with Gasteiger partial charge in [0.1, 0.15) is 53.8 Å². The van der Waals surface area contributed by atoms with Gasteiger partial charge in [-0.15, -0.1) is 0 Å². The maximum atomic E-state index is 15.2. The molecule has 21 N–H and O–H groups in total. The smallest absolute Gasteiger partial charge is 0.246 e. The average molecular weight is 1140 g/mol. The highest BCUT2D eigenvalue weighted by molar-refractivity contribution is 5.99. The van der Waals surface area contributed by atoms with E-state index in [4.69, 9.17) is 40.1 Å². The standard InChI is InChI=1S/C55H78N16O11/c1-30(2)23-42(69-49(78)41(25-31-9-4-3-5-10-31)68-47(76)37(56)24-32-14-17-35(72)18-15-32)53(82)71-29-34-26-36(73)19-16-33(34)27-44(71)51(80)66-39(12-7-21-64-55(61)62)52(81)70-22-8-13-43(70)50(79)65-38(11-6-20-63-54(59)60)48(77)67-40(46(58)75)28-45(57)74/h3-5,9-10,14-19,26,30,37-44,72-73H,6-8,11-13,20-25,27-29,56H2,1-2H3,(H2,57,74)(H2,58,75)(H,65,79)(H,66,80)(H,67,77)(H,68,76)(H,69,78)(H4,59,60,63)(H4,61,62,64)/t37-,38-,39-,40-,41-,42-,43-,44-/m0/s1. The summed E-state index contributed by atoms with van der Waals surface area (Å²) in [5, 5.41) is 33.8. The molecule has 0 spiro atoms.